The summed E-state index contributed by atoms with van der Waals surface area (Å²) in [7, 11) is 3.62. The smallest absolute Gasteiger partial charge is 0.277 e. The Labute approximate surface area is 132 Å². The van der Waals surface area contributed by atoms with Crippen molar-refractivity contribution in [2.45, 2.75) is 17.4 Å². The third kappa shape index (κ3) is 3.30. The molecule has 2 heterocycles. The van der Waals surface area contributed by atoms with Crippen LogP contribution in [-0.2, 0) is 19.2 Å². The van der Waals surface area contributed by atoms with Crippen LogP contribution in [0.4, 0.5) is 0 Å². The molecule has 6 nitrogen and oxygen atoms in total. The second-order valence-electron chi connectivity index (χ2n) is 4.69. The average molecular weight is 316 g/mol. The van der Waals surface area contributed by atoms with Crippen molar-refractivity contribution in [3.05, 3.63) is 53.9 Å². The molecule has 0 aliphatic carbocycles. The van der Waals surface area contributed by atoms with Crippen LogP contribution in [0.25, 0.3) is 0 Å². The summed E-state index contributed by atoms with van der Waals surface area (Å²) in [5.41, 5.74) is 1.02. The lowest BCUT2D eigenvalue weighted by Gasteiger charge is -2.05. The molecular formula is C15H16N4O2S. The van der Waals surface area contributed by atoms with E-state index in [0.29, 0.717) is 23.3 Å². The van der Waals surface area contributed by atoms with Gasteiger partial charge < -0.3 is 13.7 Å². The van der Waals surface area contributed by atoms with E-state index in [1.807, 2.05) is 42.1 Å². The molecule has 114 valence electrons. The average Bonchev–Trinajstić information content (AvgIpc) is 3.15. The van der Waals surface area contributed by atoms with Crippen molar-refractivity contribution >= 4 is 11.8 Å². The summed E-state index contributed by atoms with van der Waals surface area (Å²) >= 11 is 1.48. The van der Waals surface area contributed by atoms with Crippen LogP contribution < -0.4 is 4.74 Å². The van der Waals surface area contributed by atoms with E-state index >= 15 is 0 Å². The molecule has 7 heteroatoms. The van der Waals surface area contributed by atoms with Gasteiger partial charge in [-0.25, -0.2) is 4.98 Å². The minimum atomic E-state index is 0.549. The number of nitrogens with zero attached hydrogens (tertiary/aromatic N) is 4. The first-order valence-electron chi connectivity index (χ1n) is 6.79. The molecule has 0 radical (unpaired) electrons. The highest BCUT2D eigenvalue weighted by molar-refractivity contribution is 7.98. The molecule has 0 saturated heterocycles. The van der Waals surface area contributed by atoms with Gasteiger partial charge in [-0.15, -0.1) is 10.2 Å². The third-order valence-corrected chi connectivity index (χ3v) is 4.04. The van der Waals surface area contributed by atoms with E-state index < -0.39 is 0 Å². The summed E-state index contributed by atoms with van der Waals surface area (Å²) < 4.78 is 13.0. The van der Waals surface area contributed by atoms with Crippen LogP contribution in [-0.4, -0.2) is 26.9 Å². The highest BCUT2D eigenvalue weighted by atomic mass is 32.2. The lowest BCUT2D eigenvalue weighted by atomic mass is 10.1. The first kappa shape index (κ1) is 14.6. The van der Waals surface area contributed by atoms with E-state index in [1.54, 1.807) is 13.3 Å². The Morgan fingerprint density at radius 3 is 2.91 bits per heavy atom. The number of aryl methyl sites for hydroxylation is 1. The normalized spacial score (nSPS) is 10.8. The predicted molar refractivity (Wildman–Crippen MR) is 82.9 cm³/mol. The highest BCUT2D eigenvalue weighted by Crippen LogP contribution is 2.24. The van der Waals surface area contributed by atoms with Gasteiger partial charge in [-0.05, 0) is 6.07 Å². The predicted octanol–water partition coefficient (Wildman–Crippen LogP) is 2.69. The molecule has 0 aliphatic heterocycles. The Hall–Kier alpha value is -2.28. The number of imidazole rings is 1. The number of rotatable bonds is 6. The third-order valence-electron chi connectivity index (χ3n) is 3.23. The fourth-order valence-electron chi connectivity index (χ4n) is 2.04. The number of benzene rings is 1. The topological polar surface area (TPSA) is 66.0 Å². The maximum absolute atomic E-state index is 5.67. The SMILES string of the molecule is COc1ccccc1Cc1nnc(SCc2nccn2C)o1. The molecule has 2 aromatic heterocycles. The monoisotopic (exact) mass is 316 g/mol. The molecule has 0 N–H and O–H groups in total. The summed E-state index contributed by atoms with van der Waals surface area (Å²) in [6.45, 7) is 0. The first-order chi connectivity index (χ1) is 10.8. The molecular weight excluding hydrogens is 300 g/mol. The highest BCUT2D eigenvalue weighted by Gasteiger charge is 2.11. The Morgan fingerprint density at radius 1 is 1.27 bits per heavy atom. The zero-order valence-electron chi connectivity index (χ0n) is 12.4. The molecule has 0 atom stereocenters. The van der Waals surface area contributed by atoms with Gasteiger partial charge in [-0.2, -0.15) is 0 Å². The van der Waals surface area contributed by atoms with Gasteiger partial charge in [0.1, 0.15) is 11.6 Å². The molecule has 1 aromatic carbocycles. The zero-order chi connectivity index (χ0) is 15.4. The minimum absolute atomic E-state index is 0.549. The second kappa shape index (κ2) is 6.65. The Morgan fingerprint density at radius 2 is 2.14 bits per heavy atom. The van der Waals surface area contributed by atoms with Gasteiger partial charge in [0, 0.05) is 25.0 Å². The van der Waals surface area contributed by atoms with Gasteiger partial charge in [-0.1, -0.05) is 30.0 Å². The number of aromatic nitrogens is 4. The van der Waals surface area contributed by atoms with Crippen molar-refractivity contribution in [2.24, 2.45) is 7.05 Å². The number of thioether (sulfide) groups is 1. The van der Waals surface area contributed by atoms with E-state index in [2.05, 4.69) is 15.2 Å². The van der Waals surface area contributed by atoms with Gasteiger partial charge in [0.15, 0.2) is 0 Å². The number of methoxy groups -OCH3 is 1. The minimum Gasteiger partial charge on any atom is -0.496 e. The summed E-state index contributed by atoms with van der Waals surface area (Å²) in [6.07, 6.45) is 4.24. The van der Waals surface area contributed by atoms with Crippen LogP contribution in [0.1, 0.15) is 17.3 Å². The standard InChI is InChI=1S/C15H16N4O2S/c1-19-8-7-16-13(19)10-22-15-18-17-14(21-15)9-11-5-3-4-6-12(11)20-2/h3-8H,9-10H2,1-2H3. The maximum atomic E-state index is 5.67. The first-order valence-corrected chi connectivity index (χ1v) is 7.78. The van der Waals surface area contributed by atoms with Crippen molar-refractivity contribution in [3.63, 3.8) is 0 Å². The van der Waals surface area contributed by atoms with Crippen molar-refractivity contribution in [1.29, 1.82) is 0 Å². The van der Waals surface area contributed by atoms with E-state index in [9.17, 15) is 0 Å². The molecule has 0 saturated carbocycles. The molecule has 3 rings (SSSR count). The van der Waals surface area contributed by atoms with Crippen LogP contribution in [0.5, 0.6) is 5.75 Å². The van der Waals surface area contributed by atoms with Gasteiger partial charge in [0.2, 0.25) is 5.89 Å². The summed E-state index contributed by atoms with van der Waals surface area (Å²) in [5.74, 6) is 3.06. The van der Waals surface area contributed by atoms with Crippen molar-refractivity contribution < 1.29 is 9.15 Å². The molecule has 0 bridgehead atoms. The van der Waals surface area contributed by atoms with Crippen LogP contribution in [0.3, 0.4) is 0 Å². The molecule has 3 aromatic rings. The molecule has 0 amide bonds. The second-order valence-corrected chi connectivity index (χ2v) is 5.62. The zero-order valence-corrected chi connectivity index (χ0v) is 13.2. The lowest BCUT2D eigenvalue weighted by Crippen LogP contribution is -1.94. The molecule has 0 fully saturated rings. The lowest BCUT2D eigenvalue weighted by molar-refractivity contribution is 0.400. The molecule has 22 heavy (non-hydrogen) atoms. The van der Waals surface area contributed by atoms with Gasteiger partial charge in [-0.3, -0.25) is 0 Å². The van der Waals surface area contributed by atoms with E-state index in [-0.39, 0.29) is 0 Å². The number of para-hydroxylation sites is 1. The molecule has 0 unspecified atom stereocenters. The number of hydrogen-bond acceptors (Lipinski definition) is 6. The maximum Gasteiger partial charge on any atom is 0.277 e. The van der Waals surface area contributed by atoms with E-state index in [0.717, 1.165) is 17.1 Å². The van der Waals surface area contributed by atoms with Gasteiger partial charge in [0.25, 0.3) is 5.22 Å². The summed E-state index contributed by atoms with van der Waals surface area (Å²) in [4.78, 5) is 4.26. The van der Waals surface area contributed by atoms with Crippen LogP contribution in [0.2, 0.25) is 0 Å². The van der Waals surface area contributed by atoms with Crippen LogP contribution in [0, 0.1) is 0 Å². The number of ether oxygens (including phenoxy) is 1. The van der Waals surface area contributed by atoms with Gasteiger partial charge in [0.05, 0.1) is 19.3 Å². The largest absolute Gasteiger partial charge is 0.496 e. The van der Waals surface area contributed by atoms with Gasteiger partial charge >= 0.3 is 0 Å². The number of hydrogen-bond donors (Lipinski definition) is 0. The summed E-state index contributed by atoms with van der Waals surface area (Å²) in [6, 6.07) is 7.81. The molecule has 0 aliphatic rings. The van der Waals surface area contributed by atoms with Crippen LogP contribution >= 0.6 is 11.8 Å². The Balaban J connectivity index is 1.65. The van der Waals surface area contributed by atoms with Crippen molar-refractivity contribution in [2.75, 3.05) is 7.11 Å². The Kier molecular flexibility index (Phi) is 4.43. The molecule has 0 spiro atoms. The Bertz CT molecular complexity index is 753. The quantitative estimate of drug-likeness (QED) is 0.651. The fraction of sp³-hybridized carbons (Fsp3) is 0.267. The van der Waals surface area contributed by atoms with E-state index in [1.165, 1.54) is 11.8 Å². The van der Waals surface area contributed by atoms with Crippen molar-refractivity contribution in [1.82, 2.24) is 19.7 Å². The van der Waals surface area contributed by atoms with Crippen LogP contribution in [0.15, 0.2) is 46.3 Å². The summed E-state index contributed by atoms with van der Waals surface area (Å²) in [5, 5.41) is 8.70. The van der Waals surface area contributed by atoms with Crippen molar-refractivity contribution in [3.8, 4) is 5.75 Å². The fourth-order valence-corrected chi connectivity index (χ4v) is 2.83. The van der Waals surface area contributed by atoms with E-state index in [4.69, 9.17) is 9.15 Å².